The number of benzene rings is 2. The fourth-order valence-electron chi connectivity index (χ4n) is 9.81. The van der Waals surface area contributed by atoms with Gasteiger partial charge in [0.15, 0.2) is 23.1 Å². The molecule has 1 saturated heterocycles. The Kier molecular flexibility index (Phi) is 20.1. The van der Waals surface area contributed by atoms with Crippen LogP contribution in [0.15, 0.2) is 81.2 Å². The van der Waals surface area contributed by atoms with E-state index in [1.807, 2.05) is 50.3 Å². The molecule has 0 bridgehead atoms. The van der Waals surface area contributed by atoms with Crippen LogP contribution in [-0.2, 0) is 66.7 Å². The molecule has 5 heterocycles. The lowest BCUT2D eigenvalue weighted by atomic mass is 9.81. The number of H-pyrrole nitrogens is 1. The number of aromatic amines is 1. The summed E-state index contributed by atoms with van der Waals surface area (Å²) in [6, 6.07) is 10.3. The molecule has 2 aromatic heterocycles. The van der Waals surface area contributed by atoms with Gasteiger partial charge in [0.2, 0.25) is 17.5 Å². The number of ether oxygens (including phenoxy) is 1. The number of amides is 1. The van der Waals surface area contributed by atoms with Crippen molar-refractivity contribution < 1.29 is 93.4 Å². The number of aromatic nitrogens is 4. The molecule has 34 heteroatoms. The summed E-state index contributed by atoms with van der Waals surface area (Å²) in [6.07, 6.45) is 3.75. The Labute approximate surface area is 463 Å². The predicted octanol–water partition coefficient (Wildman–Crippen LogP) is 3.92. The second-order valence-corrected chi connectivity index (χ2v) is 26.9. The van der Waals surface area contributed by atoms with Crippen molar-refractivity contribution in [2.24, 2.45) is 0 Å². The van der Waals surface area contributed by atoms with E-state index >= 15 is 0 Å². The van der Waals surface area contributed by atoms with Gasteiger partial charge in [0.1, 0.15) is 24.9 Å². The van der Waals surface area contributed by atoms with E-state index in [1.54, 1.807) is 6.07 Å². The molecule has 7 unspecified atom stereocenters. The number of likely N-dealkylation sites (N-methyl/N-ethyl adjacent to an activating group) is 1. The lowest BCUT2D eigenvalue weighted by molar-refractivity contribution is -0.777. The number of unbranched alkanes of at least 4 members (excludes halogenated alkanes) is 4. The van der Waals surface area contributed by atoms with Crippen LogP contribution in [0.2, 0.25) is 0 Å². The van der Waals surface area contributed by atoms with Crippen molar-refractivity contribution in [1.82, 2.24) is 29.9 Å². The molecule has 3 aliphatic rings. The number of rotatable bonds is 28. The zero-order valence-electron chi connectivity index (χ0n) is 43.9. The van der Waals surface area contributed by atoms with Gasteiger partial charge < -0.3 is 50.8 Å². The molecule has 7 atom stereocenters. The minimum absolute atomic E-state index is 0.127. The predicted molar refractivity (Wildman–Crippen MR) is 286 cm³/mol. The number of nitrogens with one attached hydrogen (secondary N) is 3. The summed E-state index contributed by atoms with van der Waals surface area (Å²) in [5.74, 6) is -0.464. The largest absolute Gasteiger partial charge is 0.691 e. The number of fused-ring (bicyclic) bond motifs is 3. The quantitative estimate of drug-likeness (QED) is 0.00732. The van der Waals surface area contributed by atoms with Crippen molar-refractivity contribution >= 4 is 85.7 Å². The fourth-order valence-corrected chi connectivity index (χ4v) is 14.5. The van der Waals surface area contributed by atoms with Gasteiger partial charge in [0, 0.05) is 71.9 Å². The van der Waals surface area contributed by atoms with Crippen LogP contribution in [0.5, 0.6) is 0 Å². The standard InChI is InChI=1S/C46H64N9O20P3S2/c1-6-53-32-19-17-28(79-73-72-60)24-30(32)45(2,3)35(53)14-13-15-36-46(4,5)31-25-29(80(67,68)69)18-20-33(31)54(36)23-12-9-16-37(56)48-21-10-7-8-11-22-50-76(61,62)74-78(65,66)75-77(63,64)70-26-34-39(57)40(58)43(71-34)55-27-49-38-41(55)51-44(47)52-42(38)59/h13-15,17-20,24-25,27,34,39-40,43,57-58H,6-12,16,21-23,26H2,1-5H3,(H9-,47,48,50,51,52,56,59,60,61,62,63,64,65,66,67,68,69). The van der Waals surface area contributed by atoms with Crippen LogP contribution in [0.25, 0.3) is 11.2 Å². The van der Waals surface area contributed by atoms with Gasteiger partial charge in [-0.2, -0.15) is 30.9 Å². The third-order valence-electron chi connectivity index (χ3n) is 13.7. The maximum absolute atomic E-state index is 12.9. The number of imidazole rings is 1. The van der Waals surface area contributed by atoms with Crippen molar-refractivity contribution in [3.05, 3.63) is 88.1 Å². The van der Waals surface area contributed by atoms with Crippen LogP contribution >= 0.6 is 35.4 Å². The Bertz CT molecular complexity index is 3370. The molecule has 4 aromatic rings. The molecule has 7 rings (SSSR count). The lowest BCUT2D eigenvalue weighted by Gasteiger charge is -2.25. The highest BCUT2D eigenvalue weighted by Gasteiger charge is 2.48. The van der Waals surface area contributed by atoms with E-state index < -0.39 is 81.0 Å². The van der Waals surface area contributed by atoms with Crippen LogP contribution in [0.3, 0.4) is 0 Å². The van der Waals surface area contributed by atoms with Gasteiger partial charge in [0.05, 0.1) is 35.3 Å². The maximum Gasteiger partial charge on any atom is 0.489 e. The molecule has 80 heavy (non-hydrogen) atoms. The average Bonchev–Trinajstić information content (AvgIpc) is 4.19. The molecule has 2 aromatic carbocycles. The van der Waals surface area contributed by atoms with Crippen molar-refractivity contribution in [3.8, 4) is 0 Å². The van der Waals surface area contributed by atoms with E-state index in [4.69, 9.17) is 10.5 Å². The first kappa shape index (κ1) is 63.0. The topological polar surface area (TPSA) is 422 Å². The Morgan fingerprint density at radius 1 is 0.975 bits per heavy atom. The summed E-state index contributed by atoms with van der Waals surface area (Å²) in [5, 5.41) is 40.1. The Morgan fingerprint density at radius 3 is 2.40 bits per heavy atom. The molecule has 0 saturated carbocycles. The first-order chi connectivity index (χ1) is 37.5. The number of phosphoric ester groups is 1. The van der Waals surface area contributed by atoms with Gasteiger partial charge in [-0.3, -0.25) is 33.3 Å². The molecule has 3 aliphatic heterocycles. The monoisotopic (exact) mass is 1220 g/mol. The van der Waals surface area contributed by atoms with Crippen molar-refractivity contribution in [3.63, 3.8) is 0 Å². The van der Waals surface area contributed by atoms with E-state index in [2.05, 4.69) is 78.1 Å². The summed E-state index contributed by atoms with van der Waals surface area (Å²) in [7, 11) is -21.0. The lowest BCUT2D eigenvalue weighted by Crippen LogP contribution is -2.33. The van der Waals surface area contributed by atoms with Gasteiger partial charge in [-0.1, -0.05) is 32.8 Å². The minimum Gasteiger partial charge on any atom is -0.691 e. The van der Waals surface area contributed by atoms with Gasteiger partial charge in [-0.05, 0) is 82.0 Å². The highest BCUT2D eigenvalue weighted by atomic mass is 32.2. The summed E-state index contributed by atoms with van der Waals surface area (Å²) >= 11 is 0.821. The second-order valence-electron chi connectivity index (χ2n) is 19.9. The Hall–Kier alpha value is -4.56. The highest BCUT2D eigenvalue weighted by molar-refractivity contribution is 7.94. The summed E-state index contributed by atoms with van der Waals surface area (Å²) in [6.45, 7) is 10.5. The number of carbonyl (C=O) groups is 1. The number of allylic oxidation sites excluding steroid dienone is 4. The van der Waals surface area contributed by atoms with Crippen molar-refractivity contribution in [2.75, 3.05) is 43.4 Å². The van der Waals surface area contributed by atoms with Gasteiger partial charge >= 0.3 is 23.4 Å². The number of aliphatic hydroxyl groups excluding tert-OH is 2. The number of aliphatic hydroxyl groups is 2. The number of carbonyl (C=O) groups excluding carboxylic acids is 1. The van der Waals surface area contributed by atoms with E-state index in [0.717, 1.165) is 51.3 Å². The fraction of sp³-hybridized carbons (Fsp3) is 0.500. The third-order valence-corrected chi connectivity index (χ3v) is 19.5. The van der Waals surface area contributed by atoms with Crippen molar-refractivity contribution in [2.45, 2.75) is 125 Å². The molecular weight excluding hydrogens is 1160 g/mol. The molecule has 29 nitrogen and oxygen atoms in total. The molecule has 440 valence electrons. The second kappa shape index (κ2) is 25.5. The molecule has 0 aliphatic carbocycles. The van der Waals surface area contributed by atoms with Gasteiger partial charge in [-0.25, -0.2) is 23.8 Å². The Morgan fingerprint density at radius 2 is 1.70 bits per heavy atom. The number of hydrogen-bond donors (Lipinski definition) is 10. The molecular formula is C46H64N9O20P3S2. The van der Waals surface area contributed by atoms with Gasteiger partial charge in [-0.15, -0.1) is 0 Å². The number of nitrogens with zero attached hydrogens (tertiary/aromatic N) is 5. The number of nitrogens with two attached hydrogens (primary N) is 1. The smallest absolute Gasteiger partial charge is 0.489 e. The summed E-state index contributed by atoms with van der Waals surface area (Å²) < 4.78 is 98.3. The first-order valence-corrected chi connectivity index (χ1v) is 31.8. The van der Waals surface area contributed by atoms with Crippen LogP contribution in [0, 0.1) is 0 Å². The summed E-state index contributed by atoms with van der Waals surface area (Å²) in [5.41, 5.74) is 8.87. The average molecular weight is 1220 g/mol. The molecule has 11 N–H and O–H groups in total. The van der Waals surface area contributed by atoms with Gasteiger partial charge in [0.25, 0.3) is 15.7 Å². The molecule has 0 spiro atoms. The van der Waals surface area contributed by atoms with Crippen molar-refractivity contribution in [1.29, 1.82) is 0 Å². The first-order valence-electron chi connectivity index (χ1n) is 25.0. The van der Waals surface area contributed by atoms with Crippen LogP contribution in [-0.4, -0.2) is 125 Å². The summed E-state index contributed by atoms with van der Waals surface area (Å²) in [4.78, 5) is 68.0. The molecule has 1 fully saturated rings. The van der Waals surface area contributed by atoms with Crippen LogP contribution in [0.1, 0.15) is 96.9 Å². The maximum atomic E-state index is 12.9. The zero-order valence-corrected chi connectivity index (χ0v) is 48.3. The zero-order chi connectivity index (χ0) is 58.6. The SMILES string of the molecule is CCN1/C(=C/C=C/C2=[N+](CCCCC(=O)NCCCCCCNP(=O)(O)OP(=O)(O)OP(=O)(O)OCC3OC(n4cnc5c(=O)[nH]c(N)nc54)C(O)C3O)c3ccc(S(=O)(=O)O)cc3C2(C)C)C(C)(C)c2cc(SOO[O-])ccc21. The molecule has 1 amide bonds. The van der Waals surface area contributed by atoms with E-state index in [9.17, 15) is 66.4 Å². The molecule has 0 radical (unpaired) electrons. The number of anilines is 2. The van der Waals surface area contributed by atoms with E-state index in [0.29, 0.717) is 62.2 Å². The Balaban J connectivity index is 0.834. The minimum atomic E-state index is -5.78. The van der Waals surface area contributed by atoms with Crippen LogP contribution in [0.4, 0.5) is 17.3 Å². The number of phosphoric acid groups is 2. The number of hydrogen-bond acceptors (Lipinski definition) is 21. The third kappa shape index (κ3) is 14.8. The number of nitrogen functional groups attached to an aromatic ring is 1. The van der Waals surface area contributed by atoms with E-state index in [1.165, 1.54) is 12.1 Å². The van der Waals surface area contributed by atoms with E-state index in [-0.39, 0.29) is 47.3 Å². The normalized spacial score (nSPS) is 22.4. The highest BCUT2D eigenvalue weighted by Crippen LogP contribution is 2.66. The van der Waals surface area contributed by atoms with Crippen LogP contribution < -0.4 is 31.9 Å².